The first-order valence-electron chi connectivity index (χ1n) is 10.2. The summed E-state index contributed by atoms with van der Waals surface area (Å²) in [6, 6.07) is 19.0. The Morgan fingerprint density at radius 2 is 1.74 bits per heavy atom. The third-order valence-electron chi connectivity index (χ3n) is 6.14. The maximum atomic E-state index is 12.7. The van der Waals surface area contributed by atoms with Gasteiger partial charge in [0.05, 0.1) is 10.3 Å². The first kappa shape index (κ1) is 19.6. The first-order chi connectivity index (χ1) is 14.8. The van der Waals surface area contributed by atoms with Gasteiger partial charge in [0, 0.05) is 29.3 Å². The highest BCUT2D eigenvalue weighted by Gasteiger charge is 2.43. The molecule has 0 saturated heterocycles. The number of allylic oxidation sites excluding steroid dienone is 3. The van der Waals surface area contributed by atoms with Crippen molar-refractivity contribution in [1.82, 2.24) is 0 Å². The second-order valence-electron chi connectivity index (χ2n) is 8.39. The lowest BCUT2D eigenvalue weighted by Crippen LogP contribution is -2.34. The molecule has 3 aromatic rings. The van der Waals surface area contributed by atoms with Crippen molar-refractivity contribution in [2.75, 3.05) is 0 Å². The first-order valence-corrected chi connectivity index (χ1v) is 11.7. The topological polar surface area (TPSA) is 55.1 Å². The van der Waals surface area contributed by atoms with Gasteiger partial charge in [-0.3, -0.25) is 4.79 Å². The molecule has 0 unspecified atom stereocenters. The van der Waals surface area contributed by atoms with E-state index in [1.807, 2.05) is 18.2 Å². The third kappa shape index (κ3) is 2.92. The molecule has 0 spiro atoms. The van der Waals surface area contributed by atoms with Gasteiger partial charge in [0.1, 0.15) is 4.91 Å². The summed E-state index contributed by atoms with van der Waals surface area (Å²) in [5.41, 5.74) is 4.90. The molecule has 0 saturated carbocycles. The van der Waals surface area contributed by atoms with Crippen LogP contribution in [0.5, 0.6) is 0 Å². The molecule has 2 aliphatic heterocycles. The summed E-state index contributed by atoms with van der Waals surface area (Å²) in [4.78, 5) is 12.5. The molecule has 5 heteroatoms. The van der Waals surface area contributed by atoms with E-state index in [1.54, 1.807) is 18.2 Å². The maximum absolute atomic E-state index is 12.7. The van der Waals surface area contributed by atoms with E-state index in [0.29, 0.717) is 6.42 Å². The number of hydrogen-bond donors (Lipinski definition) is 0. The number of pyridine rings is 1. The van der Waals surface area contributed by atoms with E-state index < -0.39 is 15.6 Å². The van der Waals surface area contributed by atoms with Crippen molar-refractivity contribution in [1.29, 1.82) is 0 Å². The molecule has 4 nitrogen and oxygen atoms in total. The van der Waals surface area contributed by atoms with Gasteiger partial charge >= 0.3 is 0 Å². The van der Waals surface area contributed by atoms with Gasteiger partial charge in [-0.2, -0.15) is 4.57 Å². The van der Waals surface area contributed by atoms with E-state index >= 15 is 0 Å². The molecule has 5 rings (SSSR count). The lowest BCUT2D eigenvalue weighted by Gasteiger charge is -2.14. The van der Waals surface area contributed by atoms with Gasteiger partial charge in [0.25, 0.3) is 0 Å². The number of ketones is 1. The number of fused-ring (bicyclic) bond motifs is 4. The van der Waals surface area contributed by atoms with Crippen LogP contribution in [-0.4, -0.2) is 14.2 Å². The molecule has 0 atom stereocenters. The molecule has 3 heterocycles. The summed E-state index contributed by atoms with van der Waals surface area (Å²) in [7, 11) is -3.72. The molecule has 0 radical (unpaired) electrons. The summed E-state index contributed by atoms with van der Waals surface area (Å²) >= 11 is 0. The summed E-state index contributed by atoms with van der Waals surface area (Å²) in [5, 5.41) is 0. The van der Waals surface area contributed by atoms with Crippen LogP contribution in [0.3, 0.4) is 0 Å². The van der Waals surface area contributed by atoms with E-state index in [4.69, 9.17) is 0 Å². The van der Waals surface area contributed by atoms with Crippen LogP contribution in [-0.2, 0) is 15.3 Å². The highest BCUT2D eigenvalue weighted by atomic mass is 32.2. The van der Waals surface area contributed by atoms with Gasteiger partial charge in [-0.05, 0) is 38.0 Å². The van der Waals surface area contributed by atoms with Crippen LogP contribution in [0.2, 0.25) is 0 Å². The molecule has 31 heavy (non-hydrogen) atoms. The standard InChI is InChI=1S/C26H22NO3S/c1-26(2)20-11-5-6-12-21(20)27-16-15-18(17-24(26)27)9-3-7-14-23-25(28)19-10-4-8-13-22(19)31(23,29)30/h3-6,8-17H,7H2,1-2H3/q+1. The molecule has 0 aliphatic carbocycles. The molecule has 0 fully saturated rings. The average molecular weight is 429 g/mol. The molecule has 0 N–H and O–H groups in total. The molecule has 154 valence electrons. The highest BCUT2D eigenvalue weighted by Crippen LogP contribution is 2.38. The Bertz CT molecular complexity index is 1410. The maximum Gasteiger partial charge on any atom is 0.215 e. The van der Waals surface area contributed by atoms with Crippen molar-refractivity contribution in [3.8, 4) is 5.69 Å². The van der Waals surface area contributed by atoms with Crippen LogP contribution in [0.4, 0.5) is 0 Å². The summed E-state index contributed by atoms with van der Waals surface area (Å²) in [6.45, 7) is 4.44. The molecule has 1 aromatic heterocycles. The normalized spacial score (nSPS) is 18.9. The Morgan fingerprint density at radius 3 is 2.55 bits per heavy atom. The fraction of sp³-hybridized carbons (Fsp3) is 0.154. The Kier molecular flexibility index (Phi) is 4.34. The second kappa shape index (κ2) is 6.86. The van der Waals surface area contributed by atoms with Crippen molar-refractivity contribution in [3.05, 3.63) is 106 Å². The van der Waals surface area contributed by atoms with E-state index in [-0.39, 0.29) is 20.8 Å². The molecular formula is C26H22NO3S+. The Hall–Kier alpha value is -3.31. The number of aromatic nitrogens is 1. The van der Waals surface area contributed by atoms with E-state index in [1.165, 1.54) is 29.1 Å². The molecule has 2 aliphatic rings. The van der Waals surface area contributed by atoms with Crippen LogP contribution >= 0.6 is 0 Å². The van der Waals surface area contributed by atoms with Gasteiger partial charge in [-0.15, -0.1) is 0 Å². The summed E-state index contributed by atoms with van der Waals surface area (Å²) in [6.07, 6.45) is 7.80. The Morgan fingerprint density at radius 1 is 1.00 bits per heavy atom. The molecule has 0 amide bonds. The second-order valence-corrected chi connectivity index (χ2v) is 10.3. The SMILES string of the molecule is CC1(C)c2ccccc2-[n+]2ccc(C=CCC=C3C(=O)c4ccccc4S3(=O)=O)cc21. The minimum atomic E-state index is -3.72. The smallest absolute Gasteiger partial charge is 0.215 e. The van der Waals surface area contributed by atoms with Crippen LogP contribution in [0.25, 0.3) is 11.8 Å². The number of Topliss-reactive ketones (excluding diaryl/α,β-unsaturated/α-hetero) is 1. The lowest BCUT2D eigenvalue weighted by atomic mass is 9.83. The quantitative estimate of drug-likeness (QED) is 0.454. The van der Waals surface area contributed by atoms with Crippen molar-refractivity contribution in [2.24, 2.45) is 0 Å². The minimum Gasteiger partial charge on any atom is -0.288 e. The fourth-order valence-corrected chi connectivity index (χ4v) is 6.12. The monoisotopic (exact) mass is 428 g/mol. The molecular weight excluding hydrogens is 406 g/mol. The van der Waals surface area contributed by atoms with E-state index in [0.717, 1.165) is 5.56 Å². The number of para-hydroxylation sites is 1. The third-order valence-corrected chi connectivity index (χ3v) is 8.01. The lowest BCUT2D eigenvalue weighted by molar-refractivity contribution is -0.599. The van der Waals surface area contributed by atoms with Crippen LogP contribution in [0, 0.1) is 0 Å². The zero-order valence-corrected chi connectivity index (χ0v) is 18.2. The number of rotatable bonds is 3. The number of nitrogens with zero attached hydrogens (tertiary/aromatic N) is 1. The summed E-state index contributed by atoms with van der Waals surface area (Å²) in [5.74, 6) is -0.419. The van der Waals surface area contributed by atoms with Gasteiger partial charge in [-0.1, -0.05) is 48.6 Å². The Labute approximate surface area is 182 Å². The van der Waals surface area contributed by atoms with Crippen LogP contribution < -0.4 is 4.57 Å². The zero-order valence-electron chi connectivity index (χ0n) is 17.4. The van der Waals surface area contributed by atoms with Crippen molar-refractivity contribution >= 4 is 21.7 Å². The predicted molar refractivity (Wildman–Crippen MR) is 120 cm³/mol. The van der Waals surface area contributed by atoms with Gasteiger partial charge < -0.3 is 0 Å². The fourth-order valence-electron chi connectivity index (χ4n) is 4.51. The van der Waals surface area contributed by atoms with Crippen molar-refractivity contribution < 1.29 is 17.8 Å². The van der Waals surface area contributed by atoms with Crippen molar-refractivity contribution in [2.45, 2.75) is 30.6 Å². The highest BCUT2D eigenvalue weighted by molar-refractivity contribution is 7.97. The van der Waals surface area contributed by atoms with Gasteiger partial charge in [0.15, 0.2) is 11.9 Å². The Balaban J connectivity index is 1.40. The molecule has 2 aromatic carbocycles. The van der Waals surface area contributed by atoms with Crippen LogP contribution in [0.15, 0.2) is 88.8 Å². The number of benzene rings is 2. The average Bonchev–Trinajstić information content (AvgIpc) is 3.11. The molecule has 0 bridgehead atoms. The van der Waals surface area contributed by atoms with Gasteiger partial charge in [-0.25, -0.2) is 8.42 Å². The van der Waals surface area contributed by atoms with Crippen LogP contribution in [0.1, 0.15) is 47.4 Å². The predicted octanol–water partition coefficient (Wildman–Crippen LogP) is 4.56. The van der Waals surface area contributed by atoms with E-state index in [2.05, 4.69) is 54.9 Å². The largest absolute Gasteiger partial charge is 0.288 e. The van der Waals surface area contributed by atoms with Crippen molar-refractivity contribution in [3.63, 3.8) is 0 Å². The zero-order chi connectivity index (χ0) is 21.8. The number of carbonyl (C=O) groups excluding carboxylic acids is 1. The number of carbonyl (C=O) groups is 1. The van der Waals surface area contributed by atoms with Gasteiger partial charge in [0.2, 0.25) is 21.3 Å². The summed E-state index contributed by atoms with van der Waals surface area (Å²) < 4.78 is 27.5. The number of sulfone groups is 1. The minimum absolute atomic E-state index is 0.0987. The van der Waals surface area contributed by atoms with E-state index in [9.17, 15) is 13.2 Å². The number of hydrogen-bond acceptors (Lipinski definition) is 3.